The lowest BCUT2D eigenvalue weighted by atomic mass is 9.85. The number of aliphatic carboxylic acids is 1. The van der Waals surface area contributed by atoms with Gasteiger partial charge in [-0.05, 0) is 49.4 Å². The SMILES string of the molecule is O=C(O)C1CCC(N2CCC(O)(C(=O)NCc3cc(F)cc(Cl)c3)C2=O)CC1. The van der Waals surface area contributed by atoms with Crippen LogP contribution in [-0.4, -0.2) is 51.1 Å². The van der Waals surface area contributed by atoms with Gasteiger partial charge in [0.2, 0.25) is 5.60 Å². The largest absolute Gasteiger partial charge is 0.481 e. The molecule has 3 rings (SSSR count). The van der Waals surface area contributed by atoms with Crippen LogP contribution in [0.2, 0.25) is 5.02 Å². The van der Waals surface area contributed by atoms with Crippen molar-refractivity contribution in [3.05, 3.63) is 34.6 Å². The summed E-state index contributed by atoms with van der Waals surface area (Å²) in [7, 11) is 0. The maximum Gasteiger partial charge on any atom is 0.306 e. The summed E-state index contributed by atoms with van der Waals surface area (Å²) in [5.74, 6) is -3.29. The number of rotatable bonds is 5. The second-order valence-corrected chi connectivity index (χ2v) is 7.85. The van der Waals surface area contributed by atoms with E-state index in [-0.39, 0.29) is 30.6 Å². The summed E-state index contributed by atoms with van der Waals surface area (Å²) in [5, 5.41) is 22.4. The molecule has 1 aromatic rings. The van der Waals surface area contributed by atoms with Crippen LogP contribution < -0.4 is 5.32 Å². The average Bonchev–Trinajstić information content (AvgIpc) is 2.95. The van der Waals surface area contributed by atoms with E-state index in [1.165, 1.54) is 17.0 Å². The molecule has 1 atom stereocenters. The number of amides is 2. The molecule has 1 saturated carbocycles. The summed E-state index contributed by atoms with van der Waals surface area (Å²) in [4.78, 5) is 37.7. The normalized spacial score (nSPS) is 27.7. The number of nitrogens with one attached hydrogen (secondary N) is 1. The van der Waals surface area contributed by atoms with Crippen molar-refractivity contribution in [1.82, 2.24) is 10.2 Å². The van der Waals surface area contributed by atoms with Gasteiger partial charge in [-0.25, -0.2) is 4.39 Å². The first-order valence-corrected chi connectivity index (χ1v) is 9.58. The van der Waals surface area contributed by atoms with Crippen molar-refractivity contribution in [3.8, 4) is 0 Å². The molecule has 7 nitrogen and oxygen atoms in total. The molecule has 2 fully saturated rings. The fraction of sp³-hybridized carbons (Fsp3) is 0.526. The van der Waals surface area contributed by atoms with Gasteiger partial charge in [-0.1, -0.05) is 11.6 Å². The second-order valence-electron chi connectivity index (χ2n) is 7.41. The molecule has 2 aliphatic rings. The monoisotopic (exact) mass is 412 g/mol. The lowest BCUT2D eigenvalue weighted by Crippen LogP contribution is -2.54. The Morgan fingerprint density at radius 1 is 1.25 bits per heavy atom. The number of aliphatic hydroxyl groups is 1. The molecule has 0 spiro atoms. The van der Waals surface area contributed by atoms with E-state index >= 15 is 0 Å². The van der Waals surface area contributed by atoms with E-state index in [0.29, 0.717) is 31.2 Å². The van der Waals surface area contributed by atoms with E-state index in [1.54, 1.807) is 0 Å². The van der Waals surface area contributed by atoms with Gasteiger partial charge in [-0.2, -0.15) is 0 Å². The second kappa shape index (κ2) is 8.05. The highest BCUT2D eigenvalue weighted by Crippen LogP contribution is 2.33. The van der Waals surface area contributed by atoms with Crippen molar-refractivity contribution in [2.75, 3.05) is 6.54 Å². The molecular formula is C19H22ClFN2O5. The number of likely N-dealkylation sites (tertiary alicyclic amines) is 1. The Hall–Kier alpha value is -2.19. The van der Waals surface area contributed by atoms with Crippen LogP contribution in [0.3, 0.4) is 0 Å². The summed E-state index contributed by atoms with van der Waals surface area (Å²) < 4.78 is 13.4. The smallest absolute Gasteiger partial charge is 0.306 e. The number of carbonyl (C=O) groups excluding carboxylic acids is 2. The number of carboxylic acids is 1. The minimum absolute atomic E-state index is 0.0412. The van der Waals surface area contributed by atoms with E-state index in [2.05, 4.69) is 5.32 Å². The molecule has 1 unspecified atom stereocenters. The maximum absolute atomic E-state index is 13.4. The number of carbonyl (C=O) groups is 3. The van der Waals surface area contributed by atoms with Gasteiger partial charge in [0.05, 0.1) is 5.92 Å². The Morgan fingerprint density at radius 3 is 2.54 bits per heavy atom. The zero-order chi connectivity index (χ0) is 20.5. The Kier molecular flexibility index (Phi) is 5.90. The first-order valence-electron chi connectivity index (χ1n) is 9.20. The molecule has 1 heterocycles. The fourth-order valence-corrected chi connectivity index (χ4v) is 4.21. The van der Waals surface area contributed by atoms with Crippen molar-refractivity contribution >= 4 is 29.4 Å². The van der Waals surface area contributed by atoms with Crippen LogP contribution in [0.5, 0.6) is 0 Å². The third-order valence-corrected chi connectivity index (χ3v) is 5.79. The van der Waals surface area contributed by atoms with Crippen LogP contribution in [-0.2, 0) is 20.9 Å². The van der Waals surface area contributed by atoms with Crippen molar-refractivity contribution in [2.24, 2.45) is 5.92 Å². The molecule has 1 saturated heterocycles. The van der Waals surface area contributed by atoms with Crippen molar-refractivity contribution in [3.63, 3.8) is 0 Å². The molecule has 0 aromatic heterocycles. The Labute approximate surface area is 166 Å². The molecule has 0 radical (unpaired) electrons. The van der Waals surface area contributed by atoms with E-state index in [4.69, 9.17) is 16.7 Å². The van der Waals surface area contributed by atoms with Gasteiger partial charge in [0.15, 0.2) is 0 Å². The van der Waals surface area contributed by atoms with Gasteiger partial charge in [-0.3, -0.25) is 14.4 Å². The number of carboxylic acid groups (broad SMARTS) is 1. The molecule has 152 valence electrons. The van der Waals surface area contributed by atoms with Crippen molar-refractivity contribution in [2.45, 2.75) is 50.3 Å². The Balaban J connectivity index is 1.60. The molecular weight excluding hydrogens is 391 g/mol. The van der Waals surface area contributed by atoms with E-state index in [1.807, 2.05) is 0 Å². The molecule has 1 aliphatic carbocycles. The van der Waals surface area contributed by atoms with Gasteiger partial charge in [0.1, 0.15) is 5.82 Å². The van der Waals surface area contributed by atoms with Gasteiger partial charge in [0, 0.05) is 30.6 Å². The van der Waals surface area contributed by atoms with Gasteiger partial charge in [-0.15, -0.1) is 0 Å². The summed E-state index contributed by atoms with van der Waals surface area (Å²) in [6, 6.07) is 3.66. The highest BCUT2D eigenvalue weighted by molar-refractivity contribution is 6.30. The number of nitrogens with zero attached hydrogens (tertiary/aromatic N) is 1. The molecule has 3 N–H and O–H groups in total. The molecule has 28 heavy (non-hydrogen) atoms. The van der Waals surface area contributed by atoms with Crippen LogP contribution in [0.4, 0.5) is 4.39 Å². The quantitative estimate of drug-likeness (QED) is 0.638. The molecule has 1 aliphatic heterocycles. The molecule has 1 aromatic carbocycles. The highest BCUT2D eigenvalue weighted by atomic mass is 35.5. The minimum atomic E-state index is -2.17. The third-order valence-electron chi connectivity index (χ3n) is 5.57. The summed E-state index contributed by atoms with van der Waals surface area (Å²) in [5.41, 5.74) is -1.75. The van der Waals surface area contributed by atoms with Crippen molar-refractivity contribution < 1.29 is 29.0 Å². The van der Waals surface area contributed by atoms with Gasteiger partial charge in [0.25, 0.3) is 11.8 Å². The minimum Gasteiger partial charge on any atom is -0.481 e. The topological polar surface area (TPSA) is 107 Å². The number of hydrogen-bond donors (Lipinski definition) is 3. The molecule has 2 amide bonds. The maximum atomic E-state index is 13.4. The third kappa shape index (κ3) is 4.12. The van der Waals surface area contributed by atoms with E-state index in [9.17, 15) is 23.9 Å². The summed E-state index contributed by atoms with van der Waals surface area (Å²) in [6.45, 7) is 0.159. The highest BCUT2D eigenvalue weighted by Gasteiger charge is 2.53. The van der Waals surface area contributed by atoms with Gasteiger partial charge >= 0.3 is 5.97 Å². The first-order chi connectivity index (χ1) is 13.2. The Morgan fingerprint density at radius 2 is 1.93 bits per heavy atom. The lowest BCUT2D eigenvalue weighted by molar-refractivity contribution is -0.155. The number of hydrogen-bond acceptors (Lipinski definition) is 4. The zero-order valence-corrected chi connectivity index (χ0v) is 15.9. The zero-order valence-electron chi connectivity index (χ0n) is 15.2. The van der Waals surface area contributed by atoms with Crippen LogP contribution in [0.1, 0.15) is 37.7 Å². The Bertz CT molecular complexity index is 776. The van der Waals surface area contributed by atoms with Crippen LogP contribution in [0.15, 0.2) is 18.2 Å². The molecule has 0 bridgehead atoms. The number of halogens is 2. The predicted molar refractivity (Wildman–Crippen MR) is 97.9 cm³/mol. The molecule has 9 heteroatoms. The first kappa shape index (κ1) is 20.5. The number of benzene rings is 1. The van der Waals surface area contributed by atoms with E-state index in [0.717, 1.165) is 6.07 Å². The average molecular weight is 413 g/mol. The standard InChI is InChI=1S/C19H22ClFN2O5/c20-13-7-11(8-14(21)9-13)10-22-17(26)19(28)5-6-23(18(19)27)15-3-1-12(2-4-15)16(24)25/h7-9,12,15,28H,1-6,10H2,(H,22,26)(H,24,25). The summed E-state index contributed by atoms with van der Waals surface area (Å²) in [6.07, 6.45) is 1.95. The predicted octanol–water partition coefficient (Wildman–Crippen LogP) is 1.70. The van der Waals surface area contributed by atoms with Crippen LogP contribution >= 0.6 is 11.6 Å². The summed E-state index contributed by atoms with van der Waals surface area (Å²) >= 11 is 5.78. The fourth-order valence-electron chi connectivity index (χ4n) is 3.96. The van der Waals surface area contributed by atoms with Crippen molar-refractivity contribution in [1.29, 1.82) is 0 Å². The van der Waals surface area contributed by atoms with E-state index < -0.39 is 35.1 Å². The van der Waals surface area contributed by atoms with Crippen LogP contribution in [0, 0.1) is 11.7 Å². The van der Waals surface area contributed by atoms with Gasteiger partial charge < -0.3 is 20.4 Å². The lowest BCUT2D eigenvalue weighted by Gasteiger charge is -2.34. The van der Waals surface area contributed by atoms with Crippen LogP contribution in [0.25, 0.3) is 0 Å².